The molecular weight excluding hydrogens is 276 g/mol. The minimum atomic E-state index is 0.297. The molecule has 1 amide bonds. The lowest BCUT2D eigenvalue weighted by Crippen LogP contribution is -2.49. The third kappa shape index (κ3) is 5.34. The summed E-state index contributed by atoms with van der Waals surface area (Å²) in [6, 6.07) is 8.15. The molecule has 1 aliphatic rings. The number of piperazine rings is 1. The summed E-state index contributed by atoms with van der Waals surface area (Å²) in [5, 5.41) is 0. The van der Waals surface area contributed by atoms with Gasteiger partial charge in [-0.2, -0.15) is 0 Å². The van der Waals surface area contributed by atoms with E-state index in [1.165, 1.54) is 5.56 Å². The number of carbonyl (C=O) groups excluding carboxylic acids is 1. The Bertz CT molecular complexity index is 462. The molecule has 0 saturated carbocycles. The van der Waals surface area contributed by atoms with E-state index in [9.17, 15) is 4.79 Å². The molecule has 122 valence electrons. The van der Waals surface area contributed by atoms with Crippen LogP contribution < -0.4 is 4.74 Å². The van der Waals surface area contributed by atoms with Crippen molar-refractivity contribution in [3.63, 3.8) is 0 Å². The van der Waals surface area contributed by atoms with Crippen molar-refractivity contribution in [1.82, 2.24) is 9.80 Å². The lowest BCUT2D eigenvalue weighted by atomic mass is 10.1. The van der Waals surface area contributed by atoms with Gasteiger partial charge in [-0.25, -0.2) is 0 Å². The van der Waals surface area contributed by atoms with Crippen LogP contribution in [0.1, 0.15) is 25.8 Å². The van der Waals surface area contributed by atoms with Crippen molar-refractivity contribution in [3.8, 4) is 5.75 Å². The number of aryl methyl sites for hydroxylation is 1. The molecule has 4 nitrogen and oxygen atoms in total. The van der Waals surface area contributed by atoms with E-state index in [0.29, 0.717) is 24.9 Å². The summed E-state index contributed by atoms with van der Waals surface area (Å²) >= 11 is 0. The predicted octanol–water partition coefficient (Wildman–Crippen LogP) is 2.56. The molecule has 0 N–H and O–H groups in total. The van der Waals surface area contributed by atoms with Gasteiger partial charge < -0.3 is 9.64 Å². The van der Waals surface area contributed by atoms with Crippen LogP contribution in [0.5, 0.6) is 5.75 Å². The first-order valence-electron chi connectivity index (χ1n) is 8.24. The Morgan fingerprint density at radius 2 is 1.77 bits per heavy atom. The van der Waals surface area contributed by atoms with Crippen molar-refractivity contribution in [2.24, 2.45) is 5.92 Å². The van der Waals surface area contributed by atoms with E-state index in [0.717, 1.165) is 38.5 Å². The van der Waals surface area contributed by atoms with E-state index in [-0.39, 0.29) is 0 Å². The van der Waals surface area contributed by atoms with Gasteiger partial charge in [0.05, 0.1) is 0 Å². The summed E-state index contributed by atoms with van der Waals surface area (Å²) in [5.74, 6) is 1.66. The number of benzene rings is 1. The Balaban J connectivity index is 1.65. The zero-order chi connectivity index (χ0) is 15.9. The molecule has 1 saturated heterocycles. The molecule has 0 spiro atoms. The van der Waals surface area contributed by atoms with Gasteiger partial charge >= 0.3 is 0 Å². The largest absolute Gasteiger partial charge is 0.492 e. The van der Waals surface area contributed by atoms with Gasteiger partial charge in [0.15, 0.2) is 0 Å². The van der Waals surface area contributed by atoms with Crippen molar-refractivity contribution in [2.75, 3.05) is 39.3 Å². The van der Waals surface area contributed by atoms with E-state index < -0.39 is 0 Å². The summed E-state index contributed by atoms with van der Waals surface area (Å²) in [4.78, 5) is 16.4. The van der Waals surface area contributed by atoms with E-state index >= 15 is 0 Å². The van der Waals surface area contributed by atoms with Crippen LogP contribution in [0.3, 0.4) is 0 Å². The highest BCUT2D eigenvalue weighted by atomic mass is 16.5. The third-order valence-corrected chi connectivity index (χ3v) is 4.01. The van der Waals surface area contributed by atoms with Crippen LogP contribution in [0.15, 0.2) is 24.3 Å². The van der Waals surface area contributed by atoms with Gasteiger partial charge in [0.2, 0.25) is 5.91 Å². The Kier molecular flexibility index (Phi) is 6.25. The summed E-state index contributed by atoms with van der Waals surface area (Å²) in [6.07, 6.45) is 0.663. The highest BCUT2D eigenvalue weighted by Crippen LogP contribution is 2.12. The maximum atomic E-state index is 12.0. The predicted molar refractivity (Wildman–Crippen MR) is 89.1 cm³/mol. The molecule has 1 aliphatic heterocycles. The first-order valence-corrected chi connectivity index (χ1v) is 8.24. The molecule has 1 heterocycles. The fraction of sp³-hybridized carbons (Fsp3) is 0.611. The number of nitrogens with zero attached hydrogens (tertiary/aromatic N) is 2. The second kappa shape index (κ2) is 8.18. The van der Waals surface area contributed by atoms with Crippen molar-refractivity contribution in [1.29, 1.82) is 0 Å². The molecule has 0 atom stereocenters. The van der Waals surface area contributed by atoms with Crippen LogP contribution in [-0.4, -0.2) is 55.0 Å². The van der Waals surface area contributed by atoms with E-state index in [2.05, 4.69) is 37.8 Å². The quantitative estimate of drug-likeness (QED) is 0.810. The Hall–Kier alpha value is -1.55. The number of ether oxygens (including phenoxy) is 1. The molecule has 1 aromatic carbocycles. The standard InChI is InChI=1S/C18H28N2O2/c1-15(2)14-18(21)20-10-8-19(9-11-20)12-13-22-17-6-4-16(3)5-7-17/h4-7,15H,8-14H2,1-3H3. The number of rotatable bonds is 6. The molecule has 0 aliphatic carbocycles. The summed E-state index contributed by atoms with van der Waals surface area (Å²) in [6.45, 7) is 11.5. The highest BCUT2D eigenvalue weighted by molar-refractivity contribution is 5.76. The Morgan fingerprint density at radius 3 is 2.36 bits per heavy atom. The fourth-order valence-electron chi connectivity index (χ4n) is 2.63. The van der Waals surface area contributed by atoms with Gasteiger partial charge in [-0.15, -0.1) is 0 Å². The average molecular weight is 304 g/mol. The maximum Gasteiger partial charge on any atom is 0.222 e. The summed E-state index contributed by atoms with van der Waals surface area (Å²) < 4.78 is 5.77. The zero-order valence-corrected chi connectivity index (χ0v) is 14.0. The van der Waals surface area contributed by atoms with E-state index in [1.54, 1.807) is 0 Å². The average Bonchev–Trinajstić information content (AvgIpc) is 2.49. The van der Waals surface area contributed by atoms with Gasteiger partial charge in [0, 0.05) is 39.1 Å². The van der Waals surface area contributed by atoms with Crippen LogP contribution in [-0.2, 0) is 4.79 Å². The molecule has 0 unspecified atom stereocenters. The lowest BCUT2D eigenvalue weighted by molar-refractivity contribution is -0.133. The van der Waals surface area contributed by atoms with Gasteiger partial charge in [0.25, 0.3) is 0 Å². The monoisotopic (exact) mass is 304 g/mol. The first kappa shape index (κ1) is 16.8. The van der Waals surface area contributed by atoms with Crippen LogP contribution in [0, 0.1) is 12.8 Å². The van der Waals surface area contributed by atoms with Crippen molar-refractivity contribution < 1.29 is 9.53 Å². The summed E-state index contributed by atoms with van der Waals surface area (Å²) in [7, 11) is 0. The smallest absolute Gasteiger partial charge is 0.222 e. The number of carbonyl (C=O) groups is 1. The second-order valence-corrected chi connectivity index (χ2v) is 6.48. The van der Waals surface area contributed by atoms with E-state index in [4.69, 9.17) is 4.74 Å². The maximum absolute atomic E-state index is 12.0. The number of hydrogen-bond donors (Lipinski definition) is 0. The van der Waals surface area contributed by atoms with Crippen LogP contribution >= 0.6 is 0 Å². The third-order valence-electron chi connectivity index (χ3n) is 4.01. The van der Waals surface area contributed by atoms with Crippen LogP contribution in [0.2, 0.25) is 0 Å². The Morgan fingerprint density at radius 1 is 1.14 bits per heavy atom. The minimum Gasteiger partial charge on any atom is -0.492 e. The molecule has 2 rings (SSSR count). The SMILES string of the molecule is Cc1ccc(OCCN2CCN(C(=O)CC(C)C)CC2)cc1. The van der Waals surface area contributed by atoms with Crippen LogP contribution in [0.4, 0.5) is 0 Å². The van der Waals surface area contributed by atoms with Gasteiger partial charge in [0.1, 0.15) is 12.4 Å². The molecule has 1 fully saturated rings. The molecule has 4 heteroatoms. The first-order chi connectivity index (χ1) is 10.5. The zero-order valence-electron chi connectivity index (χ0n) is 14.0. The van der Waals surface area contributed by atoms with Gasteiger partial charge in [-0.1, -0.05) is 31.5 Å². The van der Waals surface area contributed by atoms with Gasteiger partial charge in [-0.3, -0.25) is 9.69 Å². The molecule has 0 bridgehead atoms. The van der Waals surface area contributed by atoms with Crippen molar-refractivity contribution in [2.45, 2.75) is 27.2 Å². The Labute approximate surface area is 134 Å². The van der Waals surface area contributed by atoms with Crippen LogP contribution in [0.25, 0.3) is 0 Å². The molecule has 0 radical (unpaired) electrons. The van der Waals surface area contributed by atoms with Gasteiger partial charge in [-0.05, 0) is 25.0 Å². The van der Waals surface area contributed by atoms with Crippen molar-refractivity contribution >= 4 is 5.91 Å². The molecule has 0 aromatic heterocycles. The number of amides is 1. The minimum absolute atomic E-state index is 0.297. The normalized spacial score (nSPS) is 16.1. The molecule has 1 aromatic rings. The summed E-state index contributed by atoms with van der Waals surface area (Å²) in [5.41, 5.74) is 1.24. The molecular formula is C18H28N2O2. The topological polar surface area (TPSA) is 32.8 Å². The molecule has 22 heavy (non-hydrogen) atoms. The van der Waals surface area contributed by atoms with Crippen molar-refractivity contribution in [3.05, 3.63) is 29.8 Å². The highest BCUT2D eigenvalue weighted by Gasteiger charge is 2.21. The van der Waals surface area contributed by atoms with E-state index in [1.807, 2.05) is 17.0 Å². The number of hydrogen-bond acceptors (Lipinski definition) is 3. The lowest BCUT2D eigenvalue weighted by Gasteiger charge is -2.35. The second-order valence-electron chi connectivity index (χ2n) is 6.48. The fourth-order valence-corrected chi connectivity index (χ4v) is 2.63.